The summed E-state index contributed by atoms with van der Waals surface area (Å²) in [6, 6.07) is 1.97. The van der Waals surface area contributed by atoms with Gasteiger partial charge in [0.05, 0.1) is 5.69 Å². The van der Waals surface area contributed by atoms with Crippen LogP contribution in [-0.4, -0.2) is 48.1 Å². The maximum atomic E-state index is 5.97. The summed E-state index contributed by atoms with van der Waals surface area (Å²) in [5.41, 5.74) is 7.12. The van der Waals surface area contributed by atoms with Crippen molar-refractivity contribution in [3.8, 4) is 0 Å². The van der Waals surface area contributed by atoms with Crippen LogP contribution in [0.5, 0.6) is 0 Å². The van der Waals surface area contributed by atoms with Crippen LogP contribution in [0, 0.1) is 0 Å². The SMILES string of the molecule is CN1CCN(c2nc(N)cc(C3CCCC3)n2)CC1. The largest absolute Gasteiger partial charge is 0.384 e. The summed E-state index contributed by atoms with van der Waals surface area (Å²) in [7, 11) is 2.15. The Balaban J connectivity index is 1.80. The second kappa shape index (κ2) is 5.33. The van der Waals surface area contributed by atoms with Gasteiger partial charge in [0, 0.05) is 38.2 Å². The first-order valence-corrected chi connectivity index (χ1v) is 7.30. The molecule has 104 valence electrons. The van der Waals surface area contributed by atoms with Crippen LogP contribution in [0.15, 0.2) is 6.07 Å². The zero-order valence-corrected chi connectivity index (χ0v) is 11.7. The van der Waals surface area contributed by atoms with Gasteiger partial charge in [-0.25, -0.2) is 4.98 Å². The summed E-state index contributed by atoms with van der Waals surface area (Å²) in [5, 5.41) is 0. The summed E-state index contributed by atoms with van der Waals surface area (Å²) in [6.45, 7) is 4.11. The van der Waals surface area contributed by atoms with Crippen molar-refractivity contribution in [3.05, 3.63) is 11.8 Å². The first-order valence-electron chi connectivity index (χ1n) is 7.30. The number of hydrogen-bond acceptors (Lipinski definition) is 5. The Kier molecular flexibility index (Phi) is 3.55. The zero-order valence-electron chi connectivity index (χ0n) is 11.7. The van der Waals surface area contributed by atoms with Gasteiger partial charge in [-0.2, -0.15) is 4.98 Å². The van der Waals surface area contributed by atoms with Gasteiger partial charge in [0.1, 0.15) is 5.82 Å². The number of nitrogens with zero attached hydrogens (tertiary/aromatic N) is 4. The molecule has 5 nitrogen and oxygen atoms in total. The Morgan fingerprint density at radius 3 is 2.47 bits per heavy atom. The summed E-state index contributed by atoms with van der Waals surface area (Å²) >= 11 is 0. The zero-order chi connectivity index (χ0) is 13.2. The van der Waals surface area contributed by atoms with Crippen molar-refractivity contribution >= 4 is 11.8 Å². The lowest BCUT2D eigenvalue weighted by Gasteiger charge is -2.32. The van der Waals surface area contributed by atoms with Crippen molar-refractivity contribution in [2.75, 3.05) is 43.9 Å². The standard InChI is InChI=1S/C14H23N5/c1-18-6-8-19(9-7-18)14-16-12(10-13(15)17-14)11-4-2-3-5-11/h10-11H,2-9H2,1H3,(H2,15,16,17). The average Bonchev–Trinajstić information content (AvgIpc) is 2.93. The Morgan fingerprint density at radius 1 is 1.11 bits per heavy atom. The summed E-state index contributed by atoms with van der Waals surface area (Å²) < 4.78 is 0. The van der Waals surface area contributed by atoms with E-state index in [4.69, 9.17) is 10.7 Å². The highest BCUT2D eigenvalue weighted by molar-refractivity contribution is 5.42. The molecule has 1 aliphatic carbocycles. The number of likely N-dealkylation sites (N-methyl/N-ethyl adjacent to an activating group) is 1. The molecule has 0 atom stereocenters. The van der Waals surface area contributed by atoms with Crippen molar-refractivity contribution in [3.63, 3.8) is 0 Å². The van der Waals surface area contributed by atoms with Crippen molar-refractivity contribution in [2.24, 2.45) is 0 Å². The van der Waals surface area contributed by atoms with E-state index in [-0.39, 0.29) is 0 Å². The minimum Gasteiger partial charge on any atom is -0.384 e. The molecular formula is C14H23N5. The molecule has 2 heterocycles. The molecule has 0 radical (unpaired) electrons. The number of nitrogens with two attached hydrogens (primary N) is 1. The Bertz CT molecular complexity index is 433. The van der Waals surface area contributed by atoms with Gasteiger partial charge in [-0.15, -0.1) is 0 Å². The van der Waals surface area contributed by atoms with Crippen molar-refractivity contribution < 1.29 is 0 Å². The fourth-order valence-corrected chi connectivity index (χ4v) is 3.05. The van der Waals surface area contributed by atoms with E-state index in [1.807, 2.05) is 6.07 Å². The van der Waals surface area contributed by atoms with Gasteiger partial charge in [-0.05, 0) is 19.9 Å². The molecule has 1 aromatic rings. The van der Waals surface area contributed by atoms with Crippen LogP contribution < -0.4 is 10.6 Å². The van der Waals surface area contributed by atoms with E-state index in [9.17, 15) is 0 Å². The third-order valence-electron chi connectivity index (χ3n) is 4.31. The molecule has 1 saturated heterocycles. The van der Waals surface area contributed by atoms with Crippen LogP contribution >= 0.6 is 0 Å². The maximum Gasteiger partial charge on any atom is 0.227 e. The monoisotopic (exact) mass is 261 g/mol. The molecule has 2 N–H and O–H groups in total. The molecule has 5 heteroatoms. The summed E-state index contributed by atoms with van der Waals surface area (Å²) in [4.78, 5) is 13.8. The number of aromatic nitrogens is 2. The Labute approximate surface area is 114 Å². The van der Waals surface area contributed by atoms with Gasteiger partial charge in [0.25, 0.3) is 0 Å². The van der Waals surface area contributed by atoms with Gasteiger partial charge >= 0.3 is 0 Å². The van der Waals surface area contributed by atoms with Gasteiger partial charge in [0.2, 0.25) is 5.95 Å². The van der Waals surface area contributed by atoms with Crippen molar-refractivity contribution in [1.82, 2.24) is 14.9 Å². The van der Waals surface area contributed by atoms with Crippen LogP contribution in [0.4, 0.5) is 11.8 Å². The minimum atomic E-state index is 0.594. The molecule has 0 spiro atoms. The maximum absolute atomic E-state index is 5.97. The minimum absolute atomic E-state index is 0.594. The van der Waals surface area contributed by atoms with Crippen LogP contribution in [0.2, 0.25) is 0 Å². The molecular weight excluding hydrogens is 238 g/mol. The molecule has 0 unspecified atom stereocenters. The lowest BCUT2D eigenvalue weighted by atomic mass is 10.0. The van der Waals surface area contributed by atoms with E-state index < -0.39 is 0 Å². The van der Waals surface area contributed by atoms with E-state index in [1.165, 1.54) is 25.7 Å². The number of rotatable bonds is 2. The molecule has 0 bridgehead atoms. The highest BCUT2D eigenvalue weighted by Crippen LogP contribution is 2.34. The third-order valence-corrected chi connectivity index (χ3v) is 4.31. The normalized spacial score (nSPS) is 22.1. The number of piperazine rings is 1. The number of hydrogen-bond donors (Lipinski definition) is 1. The van der Waals surface area contributed by atoms with Crippen LogP contribution in [-0.2, 0) is 0 Å². The fourth-order valence-electron chi connectivity index (χ4n) is 3.05. The summed E-state index contributed by atoms with van der Waals surface area (Å²) in [5.74, 6) is 2.04. The second-order valence-corrected chi connectivity index (χ2v) is 5.79. The molecule has 0 amide bonds. The van der Waals surface area contributed by atoms with Gasteiger partial charge in [0.15, 0.2) is 0 Å². The van der Waals surface area contributed by atoms with Crippen LogP contribution in [0.1, 0.15) is 37.3 Å². The van der Waals surface area contributed by atoms with E-state index in [1.54, 1.807) is 0 Å². The van der Waals surface area contributed by atoms with Gasteiger partial charge < -0.3 is 15.5 Å². The highest BCUT2D eigenvalue weighted by atomic mass is 15.3. The van der Waals surface area contributed by atoms with E-state index in [0.29, 0.717) is 11.7 Å². The average molecular weight is 261 g/mol. The first kappa shape index (κ1) is 12.7. The lowest BCUT2D eigenvalue weighted by Crippen LogP contribution is -2.45. The molecule has 19 heavy (non-hydrogen) atoms. The molecule has 1 saturated carbocycles. The molecule has 3 rings (SSSR count). The van der Waals surface area contributed by atoms with Crippen molar-refractivity contribution in [1.29, 1.82) is 0 Å². The quantitative estimate of drug-likeness (QED) is 0.873. The van der Waals surface area contributed by atoms with E-state index in [0.717, 1.165) is 37.8 Å². The molecule has 2 fully saturated rings. The van der Waals surface area contributed by atoms with Crippen LogP contribution in [0.25, 0.3) is 0 Å². The highest BCUT2D eigenvalue weighted by Gasteiger charge is 2.22. The molecule has 1 aliphatic heterocycles. The first-order chi connectivity index (χ1) is 9.22. The smallest absolute Gasteiger partial charge is 0.227 e. The predicted octanol–water partition coefficient (Wildman–Crippen LogP) is 1.47. The second-order valence-electron chi connectivity index (χ2n) is 5.79. The molecule has 1 aromatic heterocycles. The van der Waals surface area contributed by atoms with Crippen LogP contribution in [0.3, 0.4) is 0 Å². The van der Waals surface area contributed by atoms with Gasteiger partial charge in [-0.3, -0.25) is 0 Å². The topological polar surface area (TPSA) is 58.3 Å². The summed E-state index contributed by atoms with van der Waals surface area (Å²) in [6.07, 6.45) is 5.13. The fraction of sp³-hybridized carbons (Fsp3) is 0.714. The Morgan fingerprint density at radius 2 is 1.79 bits per heavy atom. The predicted molar refractivity (Wildman–Crippen MR) is 77.4 cm³/mol. The molecule has 0 aromatic carbocycles. The van der Waals surface area contributed by atoms with Crippen molar-refractivity contribution in [2.45, 2.75) is 31.6 Å². The lowest BCUT2D eigenvalue weighted by molar-refractivity contribution is 0.311. The number of nitrogen functional groups attached to an aromatic ring is 1. The van der Waals surface area contributed by atoms with E-state index >= 15 is 0 Å². The molecule has 2 aliphatic rings. The van der Waals surface area contributed by atoms with E-state index in [2.05, 4.69) is 21.8 Å². The van der Waals surface area contributed by atoms with Gasteiger partial charge in [-0.1, -0.05) is 12.8 Å². The number of anilines is 2. The Hall–Kier alpha value is -1.36. The third kappa shape index (κ3) is 2.81.